The molecule has 4 nitrogen and oxygen atoms in total. The van der Waals surface area contributed by atoms with E-state index in [4.69, 9.17) is 5.73 Å². The summed E-state index contributed by atoms with van der Waals surface area (Å²) in [5.74, 6) is 1.03. The fourth-order valence-electron chi connectivity index (χ4n) is 1.43. The Hall–Kier alpha value is -1.55. The summed E-state index contributed by atoms with van der Waals surface area (Å²) in [5.41, 5.74) is 6.66. The van der Waals surface area contributed by atoms with Gasteiger partial charge in [-0.2, -0.15) is 5.10 Å². The molecule has 2 aromatic rings. The van der Waals surface area contributed by atoms with E-state index in [1.54, 1.807) is 6.20 Å². The van der Waals surface area contributed by atoms with Crippen LogP contribution in [0, 0.1) is 0 Å². The Kier molecular flexibility index (Phi) is 1.90. The summed E-state index contributed by atoms with van der Waals surface area (Å²) in [6.45, 7) is 0.515. The second kappa shape index (κ2) is 3.06. The second-order valence-electron chi connectivity index (χ2n) is 2.91. The first-order valence-corrected chi connectivity index (χ1v) is 4.17. The van der Waals surface area contributed by atoms with Crippen LogP contribution in [0.1, 0.15) is 5.56 Å². The molecule has 13 heavy (non-hydrogen) atoms. The molecular weight excluding hydrogens is 164 g/mol. The Morgan fingerprint density at radius 1 is 1.38 bits per heavy atom. The van der Waals surface area contributed by atoms with E-state index in [1.165, 1.54) is 0 Å². The highest BCUT2D eigenvalue weighted by Crippen LogP contribution is 2.12. The molecular formula is C9H12N4. The van der Waals surface area contributed by atoms with Gasteiger partial charge in [-0.25, -0.2) is 0 Å². The molecule has 0 radical (unpaired) electrons. The molecule has 0 bridgehead atoms. The predicted octanol–water partition coefficient (Wildman–Crippen LogP) is 0.669. The molecule has 0 fully saturated rings. The average Bonchev–Trinajstić information content (AvgIpc) is 2.72. The summed E-state index contributed by atoms with van der Waals surface area (Å²) in [6.07, 6.45) is 5.77. The number of hydrogen-bond donors (Lipinski definition) is 1. The maximum absolute atomic E-state index is 5.60. The second-order valence-corrected chi connectivity index (χ2v) is 2.91. The zero-order chi connectivity index (χ0) is 9.26. The Balaban J connectivity index is 2.55. The fourth-order valence-corrected chi connectivity index (χ4v) is 1.43. The summed E-state index contributed by atoms with van der Waals surface area (Å²) >= 11 is 0. The van der Waals surface area contributed by atoms with Crippen LogP contribution in [-0.2, 0) is 13.6 Å². The topological polar surface area (TPSA) is 48.8 Å². The van der Waals surface area contributed by atoms with Gasteiger partial charge in [0.25, 0.3) is 0 Å². The van der Waals surface area contributed by atoms with E-state index in [2.05, 4.69) is 5.10 Å². The molecule has 0 aromatic carbocycles. The largest absolute Gasteiger partial charge is 0.326 e. The third-order valence-corrected chi connectivity index (χ3v) is 2.05. The van der Waals surface area contributed by atoms with Gasteiger partial charge in [0.05, 0.1) is 6.20 Å². The maximum atomic E-state index is 5.60. The number of aromatic nitrogens is 3. The van der Waals surface area contributed by atoms with Gasteiger partial charge in [0.15, 0.2) is 0 Å². The van der Waals surface area contributed by atoms with Gasteiger partial charge in [-0.3, -0.25) is 4.68 Å². The van der Waals surface area contributed by atoms with Gasteiger partial charge in [-0.1, -0.05) is 0 Å². The highest BCUT2D eigenvalue weighted by Gasteiger charge is 2.07. The highest BCUT2D eigenvalue weighted by molar-refractivity contribution is 5.33. The number of hydrogen-bond acceptors (Lipinski definition) is 2. The monoisotopic (exact) mass is 176 g/mol. The van der Waals surface area contributed by atoms with Crippen molar-refractivity contribution in [2.75, 3.05) is 0 Å². The molecule has 0 saturated heterocycles. The van der Waals surface area contributed by atoms with Crippen LogP contribution in [0.25, 0.3) is 5.82 Å². The first-order chi connectivity index (χ1) is 6.33. The van der Waals surface area contributed by atoms with Crippen molar-refractivity contribution >= 4 is 0 Å². The van der Waals surface area contributed by atoms with Crippen molar-refractivity contribution in [2.24, 2.45) is 12.8 Å². The Morgan fingerprint density at radius 2 is 2.08 bits per heavy atom. The van der Waals surface area contributed by atoms with E-state index >= 15 is 0 Å². The van der Waals surface area contributed by atoms with E-state index in [1.807, 2.05) is 40.8 Å². The first-order valence-electron chi connectivity index (χ1n) is 4.17. The third kappa shape index (κ3) is 1.25. The van der Waals surface area contributed by atoms with E-state index in [0.717, 1.165) is 11.4 Å². The van der Waals surface area contributed by atoms with E-state index in [9.17, 15) is 0 Å². The molecule has 0 saturated carbocycles. The number of nitrogens with two attached hydrogens (primary N) is 1. The number of nitrogens with zero attached hydrogens (tertiary/aromatic N) is 3. The van der Waals surface area contributed by atoms with Crippen LogP contribution >= 0.6 is 0 Å². The van der Waals surface area contributed by atoms with Gasteiger partial charge < -0.3 is 10.3 Å². The third-order valence-electron chi connectivity index (χ3n) is 2.05. The zero-order valence-electron chi connectivity index (χ0n) is 7.51. The molecule has 4 heteroatoms. The van der Waals surface area contributed by atoms with Crippen LogP contribution in [0.4, 0.5) is 0 Å². The standard InChI is InChI=1S/C9H12N4/c1-12-9(8(6-10)7-11-12)13-4-2-3-5-13/h2-5,7H,6,10H2,1H3. The Morgan fingerprint density at radius 3 is 2.69 bits per heavy atom. The molecule has 0 amide bonds. The highest BCUT2D eigenvalue weighted by atomic mass is 15.3. The molecule has 2 rings (SSSR count). The minimum atomic E-state index is 0.515. The molecule has 2 N–H and O–H groups in total. The smallest absolute Gasteiger partial charge is 0.139 e. The maximum Gasteiger partial charge on any atom is 0.139 e. The van der Waals surface area contributed by atoms with Crippen LogP contribution in [-0.4, -0.2) is 14.3 Å². The summed E-state index contributed by atoms with van der Waals surface area (Å²) < 4.78 is 3.83. The SMILES string of the molecule is Cn1ncc(CN)c1-n1cccc1. The van der Waals surface area contributed by atoms with Crippen molar-refractivity contribution in [3.8, 4) is 5.82 Å². The summed E-state index contributed by atoms with van der Waals surface area (Å²) in [6, 6.07) is 3.96. The molecule has 0 atom stereocenters. The molecule has 0 spiro atoms. The lowest BCUT2D eigenvalue weighted by Gasteiger charge is -2.05. The Bertz CT molecular complexity index is 386. The van der Waals surface area contributed by atoms with Gasteiger partial charge in [-0.05, 0) is 12.1 Å². The predicted molar refractivity (Wildman–Crippen MR) is 50.4 cm³/mol. The first kappa shape index (κ1) is 8.07. The minimum absolute atomic E-state index is 0.515. The lowest BCUT2D eigenvalue weighted by molar-refractivity contribution is 0.728. The zero-order valence-corrected chi connectivity index (χ0v) is 7.51. The molecule has 2 aromatic heterocycles. The van der Waals surface area contributed by atoms with Crippen molar-refractivity contribution in [3.05, 3.63) is 36.3 Å². The van der Waals surface area contributed by atoms with E-state index < -0.39 is 0 Å². The molecule has 0 aliphatic heterocycles. The van der Waals surface area contributed by atoms with Gasteiger partial charge in [0, 0.05) is 31.5 Å². The van der Waals surface area contributed by atoms with E-state index in [-0.39, 0.29) is 0 Å². The lowest BCUT2D eigenvalue weighted by Crippen LogP contribution is -2.05. The summed E-state index contributed by atoms with van der Waals surface area (Å²) in [5, 5.41) is 4.16. The van der Waals surface area contributed by atoms with Gasteiger partial charge >= 0.3 is 0 Å². The van der Waals surface area contributed by atoms with Crippen LogP contribution < -0.4 is 5.73 Å². The fraction of sp³-hybridized carbons (Fsp3) is 0.222. The Labute approximate surface area is 76.6 Å². The van der Waals surface area contributed by atoms with E-state index in [0.29, 0.717) is 6.54 Å². The van der Waals surface area contributed by atoms with Gasteiger partial charge in [-0.15, -0.1) is 0 Å². The lowest BCUT2D eigenvalue weighted by atomic mass is 10.3. The number of aryl methyl sites for hydroxylation is 1. The summed E-state index contributed by atoms with van der Waals surface area (Å²) in [7, 11) is 1.91. The normalized spacial score (nSPS) is 10.6. The molecule has 2 heterocycles. The molecule has 0 aliphatic carbocycles. The molecule has 0 unspecified atom stereocenters. The summed E-state index contributed by atoms with van der Waals surface area (Å²) in [4.78, 5) is 0. The van der Waals surface area contributed by atoms with Crippen molar-refractivity contribution in [3.63, 3.8) is 0 Å². The van der Waals surface area contributed by atoms with Crippen molar-refractivity contribution in [1.29, 1.82) is 0 Å². The molecule has 0 aliphatic rings. The van der Waals surface area contributed by atoms with Crippen LogP contribution in [0.3, 0.4) is 0 Å². The van der Waals surface area contributed by atoms with Crippen LogP contribution in [0.15, 0.2) is 30.7 Å². The van der Waals surface area contributed by atoms with Crippen molar-refractivity contribution in [1.82, 2.24) is 14.3 Å². The minimum Gasteiger partial charge on any atom is -0.326 e. The van der Waals surface area contributed by atoms with Crippen molar-refractivity contribution < 1.29 is 0 Å². The van der Waals surface area contributed by atoms with Crippen molar-refractivity contribution in [2.45, 2.75) is 6.54 Å². The van der Waals surface area contributed by atoms with Gasteiger partial charge in [0.2, 0.25) is 0 Å². The number of rotatable bonds is 2. The quantitative estimate of drug-likeness (QED) is 0.731. The average molecular weight is 176 g/mol. The molecule has 68 valence electrons. The van der Waals surface area contributed by atoms with Crippen LogP contribution in [0.2, 0.25) is 0 Å². The van der Waals surface area contributed by atoms with Crippen LogP contribution in [0.5, 0.6) is 0 Å². The van der Waals surface area contributed by atoms with Gasteiger partial charge in [0.1, 0.15) is 5.82 Å².